The standard InChI is InChI=1S/C20H21NO3/c1-14-6-3-4-8-19(14)24-13-20(23)21-11-5-7-17-12-16(15(2)22)9-10-18(17)21/h3-4,6,8-10,12H,5,7,11,13H2,1-2H3. The van der Waals surface area contributed by atoms with Crippen molar-refractivity contribution in [3.63, 3.8) is 0 Å². The first kappa shape index (κ1) is 16.2. The average molecular weight is 323 g/mol. The molecule has 3 rings (SSSR count). The molecule has 0 saturated carbocycles. The van der Waals surface area contributed by atoms with Gasteiger partial charge in [0.2, 0.25) is 0 Å². The number of ketones is 1. The Morgan fingerprint density at radius 3 is 2.71 bits per heavy atom. The fourth-order valence-corrected chi connectivity index (χ4v) is 3.01. The third kappa shape index (κ3) is 3.32. The molecule has 4 nitrogen and oxygen atoms in total. The maximum atomic E-state index is 12.6. The van der Waals surface area contributed by atoms with E-state index in [9.17, 15) is 9.59 Å². The predicted octanol–water partition coefficient (Wildman–Crippen LogP) is 3.56. The van der Waals surface area contributed by atoms with Gasteiger partial charge in [0.25, 0.3) is 5.91 Å². The fourth-order valence-electron chi connectivity index (χ4n) is 3.01. The summed E-state index contributed by atoms with van der Waals surface area (Å²) in [6.07, 6.45) is 1.78. The number of rotatable bonds is 4. The zero-order chi connectivity index (χ0) is 17.1. The summed E-state index contributed by atoms with van der Waals surface area (Å²) in [5.74, 6) is 0.717. The van der Waals surface area contributed by atoms with Gasteiger partial charge in [-0.25, -0.2) is 0 Å². The number of benzene rings is 2. The minimum Gasteiger partial charge on any atom is -0.483 e. The van der Waals surface area contributed by atoms with Crippen LogP contribution in [0.25, 0.3) is 0 Å². The highest BCUT2D eigenvalue weighted by atomic mass is 16.5. The number of para-hydroxylation sites is 1. The van der Waals surface area contributed by atoms with E-state index in [1.165, 1.54) is 0 Å². The molecule has 0 unspecified atom stereocenters. The van der Waals surface area contributed by atoms with Crippen LogP contribution in [0, 0.1) is 6.92 Å². The van der Waals surface area contributed by atoms with Crippen LogP contribution in [0.2, 0.25) is 0 Å². The van der Waals surface area contributed by atoms with Crippen LogP contribution in [0.15, 0.2) is 42.5 Å². The molecule has 0 radical (unpaired) electrons. The summed E-state index contributed by atoms with van der Waals surface area (Å²) >= 11 is 0. The molecule has 0 saturated heterocycles. The van der Waals surface area contributed by atoms with E-state index in [0.29, 0.717) is 12.1 Å². The number of anilines is 1. The summed E-state index contributed by atoms with van der Waals surface area (Å²) in [5, 5.41) is 0. The molecule has 1 aliphatic rings. The zero-order valence-corrected chi connectivity index (χ0v) is 14.0. The first-order valence-corrected chi connectivity index (χ1v) is 8.19. The normalized spacial score (nSPS) is 13.3. The Balaban J connectivity index is 1.75. The van der Waals surface area contributed by atoms with Crippen molar-refractivity contribution in [3.05, 3.63) is 59.2 Å². The second kappa shape index (κ2) is 6.87. The molecule has 24 heavy (non-hydrogen) atoms. The Hall–Kier alpha value is -2.62. The fraction of sp³-hybridized carbons (Fsp3) is 0.300. The Morgan fingerprint density at radius 2 is 1.96 bits per heavy atom. The second-order valence-corrected chi connectivity index (χ2v) is 6.10. The van der Waals surface area contributed by atoms with Crippen molar-refractivity contribution in [2.24, 2.45) is 0 Å². The smallest absolute Gasteiger partial charge is 0.264 e. The minimum absolute atomic E-state index is 0.0127. The number of nitrogens with zero attached hydrogens (tertiary/aromatic N) is 1. The quantitative estimate of drug-likeness (QED) is 0.808. The molecule has 0 atom stereocenters. The Labute approximate surface area is 142 Å². The van der Waals surface area contributed by atoms with E-state index < -0.39 is 0 Å². The third-order valence-electron chi connectivity index (χ3n) is 4.35. The Kier molecular flexibility index (Phi) is 4.65. The lowest BCUT2D eigenvalue weighted by molar-refractivity contribution is -0.120. The first-order chi connectivity index (χ1) is 11.6. The maximum absolute atomic E-state index is 12.6. The number of hydrogen-bond donors (Lipinski definition) is 0. The number of carbonyl (C=O) groups is 2. The number of ether oxygens (including phenoxy) is 1. The van der Waals surface area contributed by atoms with Crippen molar-refractivity contribution in [3.8, 4) is 5.75 Å². The molecule has 1 aliphatic heterocycles. The summed E-state index contributed by atoms with van der Waals surface area (Å²) < 4.78 is 5.68. The molecule has 4 heteroatoms. The van der Waals surface area contributed by atoms with E-state index in [2.05, 4.69) is 0 Å². The molecule has 2 aromatic rings. The SMILES string of the molecule is CC(=O)c1ccc2c(c1)CCCN2C(=O)COc1ccccc1C. The van der Waals surface area contributed by atoms with Gasteiger partial charge in [-0.15, -0.1) is 0 Å². The molecule has 1 amide bonds. The van der Waals surface area contributed by atoms with Crippen molar-refractivity contribution in [2.45, 2.75) is 26.7 Å². The van der Waals surface area contributed by atoms with Crippen molar-refractivity contribution in [2.75, 3.05) is 18.1 Å². The van der Waals surface area contributed by atoms with Crippen LogP contribution >= 0.6 is 0 Å². The lowest BCUT2D eigenvalue weighted by Crippen LogP contribution is -2.38. The highest BCUT2D eigenvalue weighted by Crippen LogP contribution is 2.28. The molecular weight excluding hydrogens is 302 g/mol. The molecule has 0 fully saturated rings. The van der Waals surface area contributed by atoms with Crippen LogP contribution in [0.3, 0.4) is 0 Å². The number of aryl methyl sites for hydroxylation is 2. The van der Waals surface area contributed by atoms with E-state index in [1.807, 2.05) is 43.3 Å². The van der Waals surface area contributed by atoms with Crippen LogP contribution < -0.4 is 9.64 Å². The summed E-state index contributed by atoms with van der Waals surface area (Å²) in [6.45, 7) is 4.21. The Bertz CT molecular complexity index is 782. The molecule has 2 aromatic carbocycles. The summed E-state index contributed by atoms with van der Waals surface area (Å²) in [7, 11) is 0. The zero-order valence-electron chi connectivity index (χ0n) is 14.0. The number of Topliss-reactive ketones (excluding diaryl/α,β-unsaturated/α-hetero) is 1. The molecule has 0 N–H and O–H groups in total. The van der Waals surface area contributed by atoms with Gasteiger partial charge >= 0.3 is 0 Å². The van der Waals surface area contributed by atoms with Crippen LogP contribution in [0.5, 0.6) is 5.75 Å². The van der Waals surface area contributed by atoms with E-state index in [4.69, 9.17) is 4.74 Å². The van der Waals surface area contributed by atoms with Gasteiger partial charge < -0.3 is 9.64 Å². The molecule has 0 aliphatic carbocycles. The first-order valence-electron chi connectivity index (χ1n) is 8.19. The van der Waals surface area contributed by atoms with E-state index in [0.717, 1.165) is 35.4 Å². The van der Waals surface area contributed by atoms with Gasteiger partial charge in [-0.05, 0) is 62.1 Å². The van der Waals surface area contributed by atoms with Gasteiger partial charge in [0.15, 0.2) is 12.4 Å². The van der Waals surface area contributed by atoms with Crippen molar-refractivity contribution < 1.29 is 14.3 Å². The van der Waals surface area contributed by atoms with E-state index in [-0.39, 0.29) is 18.3 Å². The van der Waals surface area contributed by atoms with Gasteiger partial charge in [0.1, 0.15) is 5.75 Å². The van der Waals surface area contributed by atoms with Gasteiger partial charge in [0.05, 0.1) is 0 Å². The van der Waals surface area contributed by atoms with E-state index in [1.54, 1.807) is 17.9 Å². The maximum Gasteiger partial charge on any atom is 0.264 e. The minimum atomic E-state index is -0.0604. The lowest BCUT2D eigenvalue weighted by atomic mass is 9.98. The van der Waals surface area contributed by atoms with Gasteiger partial charge in [-0.2, -0.15) is 0 Å². The number of carbonyl (C=O) groups excluding carboxylic acids is 2. The highest BCUT2D eigenvalue weighted by Gasteiger charge is 2.23. The molecule has 124 valence electrons. The predicted molar refractivity (Wildman–Crippen MR) is 93.8 cm³/mol. The van der Waals surface area contributed by atoms with Crippen LogP contribution in [0.4, 0.5) is 5.69 Å². The molecular formula is C20H21NO3. The third-order valence-corrected chi connectivity index (χ3v) is 4.35. The highest BCUT2D eigenvalue weighted by molar-refractivity contribution is 5.98. The average Bonchev–Trinajstić information content (AvgIpc) is 2.59. The molecule has 0 spiro atoms. The molecule has 1 heterocycles. The van der Waals surface area contributed by atoms with Crippen molar-refractivity contribution >= 4 is 17.4 Å². The molecule has 0 bridgehead atoms. The summed E-state index contributed by atoms with van der Waals surface area (Å²) in [4.78, 5) is 25.9. The number of fused-ring (bicyclic) bond motifs is 1. The van der Waals surface area contributed by atoms with Crippen LogP contribution in [0.1, 0.15) is 34.8 Å². The number of amides is 1. The topological polar surface area (TPSA) is 46.6 Å². The van der Waals surface area contributed by atoms with Crippen LogP contribution in [-0.4, -0.2) is 24.8 Å². The van der Waals surface area contributed by atoms with Crippen LogP contribution in [-0.2, 0) is 11.2 Å². The van der Waals surface area contributed by atoms with Gasteiger partial charge in [-0.1, -0.05) is 18.2 Å². The second-order valence-electron chi connectivity index (χ2n) is 6.10. The summed E-state index contributed by atoms with van der Waals surface area (Å²) in [5.41, 5.74) is 3.65. The lowest BCUT2D eigenvalue weighted by Gasteiger charge is -2.29. The Morgan fingerprint density at radius 1 is 1.17 bits per heavy atom. The van der Waals surface area contributed by atoms with E-state index >= 15 is 0 Å². The van der Waals surface area contributed by atoms with Crippen molar-refractivity contribution in [1.29, 1.82) is 0 Å². The van der Waals surface area contributed by atoms with Crippen molar-refractivity contribution in [1.82, 2.24) is 0 Å². The van der Waals surface area contributed by atoms with Gasteiger partial charge in [0, 0.05) is 17.8 Å². The monoisotopic (exact) mass is 323 g/mol. The summed E-state index contributed by atoms with van der Waals surface area (Å²) in [6, 6.07) is 13.2. The van der Waals surface area contributed by atoms with Gasteiger partial charge in [-0.3, -0.25) is 9.59 Å². The largest absolute Gasteiger partial charge is 0.483 e. The number of hydrogen-bond acceptors (Lipinski definition) is 3. The molecule has 0 aromatic heterocycles.